The standard InChI is InChI=1S/C19H21F3N4O/c20-19(21,22)17-5-4-14(8-23-17)11-27-18-15-10-26(9-13-2-1-3-13)7-6-16(15)24-12-25-18/h4-5,8,12-13H,1-3,6-7,9-11H2. The van der Waals surface area contributed by atoms with E-state index < -0.39 is 11.9 Å². The lowest BCUT2D eigenvalue weighted by atomic mass is 9.84. The average molecular weight is 378 g/mol. The SMILES string of the molecule is FC(F)(F)c1ccc(COc2ncnc3c2CN(CC2CCC2)CC3)cn1. The number of pyridine rings is 1. The Bertz CT molecular complexity index is 791. The molecule has 2 aliphatic rings. The number of fused-ring (bicyclic) bond motifs is 1. The van der Waals surface area contributed by atoms with Crippen molar-refractivity contribution in [3.8, 4) is 5.88 Å². The Balaban J connectivity index is 1.42. The zero-order chi connectivity index (χ0) is 18.9. The molecule has 8 heteroatoms. The van der Waals surface area contributed by atoms with Crippen LogP contribution in [-0.2, 0) is 25.7 Å². The van der Waals surface area contributed by atoms with Crippen molar-refractivity contribution in [3.05, 3.63) is 47.2 Å². The van der Waals surface area contributed by atoms with Crippen molar-refractivity contribution in [2.24, 2.45) is 5.92 Å². The molecule has 1 saturated carbocycles. The Hall–Kier alpha value is -2.22. The third-order valence-corrected chi connectivity index (χ3v) is 5.27. The fourth-order valence-electron chi connectivity index (χ4n) is 3.52. The predicted octanol–water partition coefficient (Wildman–Crippen LogP) is 3.63. The maximum absolute atomic E-state index is 12.6. The fourth-order valence-corrected chi connectivity index (χ4v) is 3.52. The largest absolute Gasteiger partial charge is 0.472 e. The summed E-state index contributed by atoms with van der Waals surface area (Å²) in [6.07, 6.45) is 3.05. The molecule has 0 N–H and O–H groups in total. The van der Waals surface area contributed by atoms with Crippen molar-refractivity contribution >= 4 is 0 Å². The molecule has 1 fully saturated rings. The van der Waals surface area contributed by atoms with Gasteiger partial charge in [0.1, 0.15) is 18.6 Å². The van der Waals surface area contributed by atoms with Gasteiger partial charge in [0.15, 0.2) is 0 Å². The van der Waals surface area contributed by atoms with Crippen molar-refractivity contribution in [1.82, 2.24) is 19.9 Å². The van der Waals surface area contributed by atoms with Crippen molar-refractivity contribution in [1.29, 1.82) is 0 Å². The second-order valence-corrected chi connectivity index (χ2v) is 7.22. The summed E-state index contributed by atoms with van der Waals surface area (Å²) in [6.45, 7) is 2.96. The van der Waals surface area contributed by atoms with Gasteiger partial charge in [-0.1, -0.05) is 12.5 Å². The topological polar surface area (TPSA) is 51.1 Å². The van der Waals surface area contributed by atoms with Gasteiger partial charge in [-0.2, -0.15) is 13.2 Å². The van der Waals surface area contributed by atoms with Gasteiger partial charge in [0.2, 0.25) is 5.88 Å². The van der Waals surface area contributed by atoms with Crippen LogP contribution in [0.1, 0.15) is 41.8 Å². The van der Waals surface area contributed by atoms with Crippen LogP contribution in [0.25, 0.3) is 0 Å². The molecule has 4 rings (SSSR count). The quantitative estimate of drug-likeness (QED) is 0.795. The minimum Gasteiger partial charge on any atom is -0.472 e. The van der Waals surface area contributed by atoms with E-state index in [-0.39, 0.29) is 6.61 Å². The highest BCUT2D eigenvalue weighted by molar-refractivity contribution is 5.32. The lowest BCUT2D eigenvalue weighted by Crippen LogP contribution is -2.37. The van der Waals surface area contributed by atoms with Gasteiger partial charge in [-0.15, -0.1) is 0 Å². The average Bonchev–Trinajstić information content (AvgIpc) is 2.62. The van der Waals surface area contributed by atoms with Crippen LogP contribution in [0.5, 0.6) is 5.88 Å². The minimum absolute atomic E-state index is 0.122. The summed E-state index contributed by atoms with van der Waals surface area (Å²) in [5, 5.41) is 0. The monoisotopic (exact) mass is 378 g/mol. The van der Waals surface area contributed by atoms with Gasteiger partial charge in [0.25, 0.3) is 0 Å². The van der Waals surface area contributed by atoms with E-state index >= 15 is 0 Å². The van der Waals surface area contributed by atoms with E-state index in [9.17, 15) is 13.2 Å². The van der Waals surface area contributed by atoms with E-state index in [1.807, 2.05) is 0 Å². The molecule has 0 bridgehead atoms. The summed E-state index contributed by atoms with van der Waals surface area (Å²) in [4.78, 5) is 14.5. The molecule has 144 valence electrons. The molecule has 0 saturated heterocycles. The Morgan fingerprint density at radius 2 is 2.00 bits per heavy atom. The van der Waals surface area contributed by atoms with Crippen LogP contribution in [0.3, 0.4) is 0 Å². The van der Waals surface area contributed by atoms with Gasteiger partial charge in [-0.05, 0) is 24.8 Å². The first-order chi connectivity index (χ1) is 13.0. The highest BCUT2D eigenvalue weighted by Gasteiger charge is 2.32. The molecule has 0 aromatic carbocycles. The Kier molecular flexibility index (Phi) is 4.99. The van der Waals surface area contributed by atoms with Crippen LogP contribution in [0.15, 0.2) is 24.7 Å². The first kappa shape index (κ1) is 18.2. The maximum atomic E-state index is 12.6. The van der Waals surface area contributed by atoms with Crippen LogP contribution in [0.4, 0.5) is 13.2 Å². The minimum atomic E-state index is -4.44. The van der Waals surface area contributed by atoms with Gasteiger partial charge >= 0.3 is 6.18 Å². The van der Waals surface area contributed by atoms with Gasteiger partial charge in [0, 0.05) is 43.4 Å². The molecule has 27 heavy (non-hydrogen) atoms. The normalized spacial score (nSPS) is 18.0. The van der Waals surface area contributed by atoms with E-state index in [0.29, 0.717) is 11.4 Å². The molecule has 0 spiro atoms. The summed E-state index contributed by atoms with van der Waals surface area (Å²) in [5.74, 6) is 1.30. The lowest BCUT2D eigenvalue weighted by molar-refractivity contribution is -0.141. The van der Waals surface area contributed by atoms with Crippen LogP contribution in [0, 0.1) is 5.92 Å². The molecule has 2 aromatic rings. The van der Waals surface area contributed by atoms with E-state index in [2.05, 4.69) is 19.9 Å². The van der Waals surface area contributed by atoms with Gasteiger partial charge in [-0.3, -0.25) is 9.88 Å². The summed E-state index contributed by atoms with van der Waals surface area (Å²) in [6, 6.07) is 2.35. The van der Waals surface area contributed by atoms with E-state index in [0.717, 1.165) is 49.3 Å². The number of alkyl halides is 3. The molecule has 5 nitrogen and oxygen atoms in total. The molecule has 2 aromatic heterocycles. The number of hydrogen-bond acceptors (Lipinski definition) is 5. The first-order valence-corrected chi connectivity index (χ1v) is 9.19. The second kappa shape index (κ2) is 7.42. The second-order valence-electron chi connectivity index (χ2n) is 7.22. The molecule has 0 radical (unpaired) electrons. The van der Waals surface area contributed by atoms with Crippen molar-refractivity contribution in [2.75, 3.05) is 13.1 Å². The molecule has 0 amide bonds. The molecule has 1 aliphatic heterocycles. The third kappa shape index (κ3) is 4.21. The van der Waals surface area contributed by atoms with Crippen molar-refractivity contribution < 1.29 is 17.9 Å². The molecular formula is C19H21F3N4O. The zero-order valence-electron chi connectivity index (χ0n) is 14.9. The number of hydrogen-bond donors (Lipinski definition) is 0. The molecule has 0 atom stereocenters. The van der Waals surface area contributed by atoms with E-state index in [1.54, 1.807) is 0 Å². The summed E-state index contributed by atoms with van der Waals surface area (Å²) in [7, 11) is 0. The van der Waals surface area contributed by atoms with Gasteiger partial charge in [0.05, 0.1) is 5.69 Å². The Labute approximate surface area is 155 Å². The smallest absolute Gasteiger partial charge is 0.433 e. The molecular weight excluding hydrogens is 357 g/mol. The van der Waals surface area contributed by atoms with Gasteiger partial charge < -0.3 is 4.74 Å². The summed E-state index contributed by atoms with van der Waals surface area (Å²) < 4.78 is 43.6. The highest BCUT2D eigenvalue weighted by Crippen LogP contribution is 2.31. The van der Waals surface area contributed by atoms with Crippen molar-refractivity contribution in [2.45, 2.75) is 45.0 Å². The lowest BCUT2D eigenvalue weighted by Gasteiger charge is -2.35. The van der Waals surface area contributed by atoms with E-state index in [4.69, 9.17) is 4.74 Å². The summed E-state index contributed by atoms with van der Waals surface area (Å²) >= 11 is 0. The number of rotatable bonds is 5. The Morgan fingerprint density at radius 1 is 1.15 bits per heavy atom. The summed E-state index contributed by atoms with van der Waals surface area (Å²) in [5.41, 5.74) is 1.65. The first-order valence-electron chi connectivity index (χ1n) is 9.19. The number of ether oxygens (including phenoxy) is 1. The van der Waals surface area contributed by atoms with E-state index in [1.165, 1.54) is 37.9 Å². The predicted molar refractivity (Wildman–Crippen MR) is 91.9 cm³/mol. The number of halogens is 3. The molecule has 1 aliphatic carbocycles. The third-order valence-electron chi connectivity index (χ3n) is 5.27. The van der Waals surface area contributed by atoms with Crippen LogP contribution in [-0.4, -0.2) is 32.9 Å². The zero-order valence-corrected chi connectivity index (χ0v) is 14.9. The van der Waals surface area contributed by atoms with Crippen LogP contribution < -0.4 is 4.74 Å². The Morgan fingerprint density at radius 3 is 2.67 bits per heavy atom. The van der Waals surface area contributed by atoms with Crippen LogP contribution >= 0.6 is 0 Å². The molecule has 3 heterocycles. The number of aromatic nitrogens is 3. The maximum Gasteiger partial charge on any atom is 0.433 e. The number of nitrogens with zero attached hydrogens (tertiary/aromatic N) is 4. The van der Waals surface area contributed by atoms with Crippen LogP contribution in [0.2, 0.25) is 0 Å². The highest BCUT2D eigenvalue weighted by atomic mass is 19.4. The van der Waals surface area contributed by atoms with Gasteiger partial charge in [-0.25, -0.2) is 9.97 Å². The molecule has 0 unspecified atom stereocenters. The fraction of sp³-hybridized carbons (Fsp3) is 0.526. The van der Waals surface area contributed by atoms with Crippen molar-refractivity contribution in [3.63, 3.8) is 0 Å².